The summed E-state index contributed by atoms with van der Waals surface area (Å²) in [5.74, 6) is 2.04. The molecule has 0 saturated heterocycles. The Labute approximate surface area is 238 Å². The molecule has 0 radical (unpaired) electrons. The molecule has 40 heavy (non-hydrogen) atoms. The van der Waals surface area contributed by atoms with Crippen LogP contribution < -0.4 is 15.0 Å². The molecule has 0 bridgehead atoms. The lowest BCUT2D eigenvalue weighted by atomic mass is 9.96. The molecular formula is C33H30ClN3O3. The van der Waals surface area contributed by atoms with E-state index in [0.717, 1.165) is 33.6 Å². The molecule has 0 atom stereocenters. The number of halogens is 1. The largest absolute Gasteiger partial charge is 0.496 e. The molecule has 0 aliphatic carbocycles. The fourth-order valence-electron chi connectivity index (χ4n) is 4.55. The number of para-hydroxylation sites is 1. The van der Waals surface area contributed by atoms with E-state index in [4.69, 9.17) is 26.1 Å². The number of ether oxygens (including phenoxy) is 2. The van der Waals surface area contributed by atoms with Crippen molar-refractivity contribution in [2.75, 3.05) is 7.11 Å². The number of aromatic nitrogens is 2. The minimum Gasteiger partial charge on any atom is -0.496 e. The van der Waals surface area contributed by atoms with Gasteiger partial charge in [-0.1, -0.05) is 67.9 Å². The van der Waals surface area contributed by atoms with Gasteiger partial charge in [0.2, 0.25) is 0 Å². The van der Waals surface area contributed by atoms with Crippen molar-refractivity contribution in [1.29, 1.82) is 0 Å². The van der Waals surface area contributed by atoms with Crippen LogP contribution in [0.15, 0.2) is 94.8 Å². The predicted molar refractivity (Wildman–Crippen MR) is 162 cm³/mol. The highest BCUT2D eigenvalue weighted by Gasteiger charge is 2.18. The molecular weight excluding hydrogens is 522 g/mol. The summed E-state index contributed by atoms with van der Waals surface area (Å²) in [6.45, 7) is 6.60. The third kappa shape index (κ3) is 5.63. The van der Waals surface area contributed by atoms with Crippen molar-refractivity contribution < 1.29 is 9.47 Å². The molecule has 202 valence electrons. The van der Waals surface area contributed by atoms with E-state index in [1.165, 1.54) is 4.68 Å². The van der Waals surface area contributed by atoms with Crippen LogP contribution in [0.4, 0.5) is 0 Å². The number of hydrogen-bond acceptors (Lipinski definition) is 5. The molecule has 5 rings (SSSR count). The minimum absolute atomic E-state index is 0.211. The smallest absolute Gasteiger partial charge is 0.282 e. The predicted octanol–water partition coefficient (Wildman–Crippen LogP) is 7.62. The lowest BCUT2D eigenvalue weighted by molar-refractivity contribution is 0.306. The van der Waals surface area contributed by atoms with Gasteiger partial charge in [-0.3, -0.25) is 4.79 Å². The minimum atomic E-state index is -0.257. The molecule has 0 aliphatic rings. The Hall–Kier alpha value is -4.42. The van der Waals surface area contributed by atoms with E-state index >= 15 is 0 Å². The van der Waals surface area contributed by atoms with Crippen LogP contribution in [0.5, 0.6) is 11.5 Å². The Bertz CT molecular complexity index is 1760. The molecule has 4 aromatic carbocycles. The highest BCUT2D eigenvalue weighted by Crippen LogP contribution is 2.34. The summed E-state index contributed by atoms with van der Waals surface area (Å²) in [6, 6.07) is 26.6. The number of fused-ring (bicyclic) bond motifs is 1. The molecule has 0 spiro atoms. The molecule has 6 nitrogen and oxygen atoms in total. The van der Waals surface area contributed by atoms with Crippen LogP contribution in [0.25, 0.3) is 22.3 Å². The summed E-state index contributed by atoms with van der Waals surface area (Å²) in [5, 5.41) is 5.55. The lowest BCUT2D eigenvalue weighted by Gasteiger charge is -2.17. The van der Waals surface area contributed by atoms with Crippen LogP contribution in [0, 0.1) is 6.92 Å². The average Bonchev–Trinajstić information content (AvgIpc) is 2.96. The van der Waals surface area contributed by atoms with Gasteiger partial charge in [0, 0.05) is 5.56 Å². The molecule has 0 fully saturated rings. The Morgan fingerprint density at radius 1 is 0.975 bits per heavy atom. The summed E-state index contributed by atoms with van der Waals surface area (Å²) in [5.41, 5.74) is 4.89. The van der Waals surface area contributed by atoms with Crippen LogP contribution in [-0.4, -0.2) is 23.0 Å². The van der Waals surface area contributed by atoms with Crippen molar-refractivity contribution in [3.8, 4) is 22.9 Å². The van der Waals surface area contributed by atoms with Gasteiger partial charge in [0.25, 0.3) is 5.56 Å². The van der Waals surface area contributed by atoms with E-state index in [-0.39, 0.29) is 11.5 Å². The Morgan fingerprint density at radius 3 is 2.45 bits per heavy atom. The zero-order valence-electron chi connectivity index (χ0n) is 22.9. The average molecular weight is 552 g/mol. The SMILES string of the molecule is COc1cc(C)c(-c2nc3ccccc3c(=O)n2N=Cc2ccc(OCc3ccccc3)c(Cl)c2)cc1C(C)C. The van der Waals surface area contributed by atoms with E-state index in [9.17, 15) is 4.79 Å². The molecule has 0 saturated carbocycles. The fraction of sp³-hybridized carbons (Fsp3) is 0.182. The number of benzene rings is 4. The quantitative estimate of drug-likeness (QED) is 0.186. The third-order valence-electron chi connectivity index (χ3n) is 6.71. The van der Waals surface area contributed by atoms with Gasteiger partial charge in [-0.15, -0.1) is 0 Å². The molecule has 0 N–H and O–H groups in total. The number of rotatable bonds is 8. The van der Waals surface area contributed by atoms with Crippen LogP contribution in [0.1, 0.15) is 42.0 Å². The zero-order valence-corrected chi connectivity index (χ0v) is 23.6. The van der Waals surface area contributed by atoms with Crippen molar-refractivity contribution in [3.63, 3.8) is 0 Å². The zero-order chi connectivity index (χ0) is 28.2. The first-order valence-corrected chi connectivity index (χ1v) is 13.4. The highest BCUT2D eigenvalue weighted by molar-refractivity contribution is 6.32. The second kappa shape index (κ2) is 11.8. The Balaban J connectivity index is 1.55. The second-order valence-corrected chi connectivity index (χ2v) is 10.2. The summed E-state index contributed by atoms with van der Waals surface area (Å²) in [7, 11) is 1.66. The molecule has 0 aliphatic heterocycles. The van der Waals surface area contributed by atoms with Gasteiger partial charge in [0.15, 0.2) is 5.82 Å². The Morgan fingerprint density at radius 2 is 1.73 bits per heavy atom. The first-order valence-electron chi connectivity index (χ1n) is 13.1. The first kappa shape index (κ1) is 27.2. The number of nitrogens with zero attached hydrogens (tertiary/aromatic N) is 3. The van der Waals surface area contributed by atoms with Crippen LogP contribution in [0.3, 0.4) is 0 Å². The van der Waals surface area contributed by atoms with Crippen molar-refractivity contribution in [1.82, 2.24) is 9.66 Å². The standard InChI is InChI=1S/C33H30ClN3O3/c1-21(2)26-18-27(22(3)16-31(26)39-4)32-36-29-13-9-8-12-25(29)33(38)37(32)35-19-24-14-15-30(28(34)17-24)40-20-23-10-6-5-7-11-23/h5-19,21H,20H2,1-4H3. The van der Waals surface area contributed by atoms with E-state index in [2.05, 4.69) is 18.9 Å². The fourth-order valence-corrected chi connectivity index (χ4v) is 4.79. The molecule has 0 unspecified atom stereocenters. The molecule has 5 aromatic rings. The summed E-state index contributed by atoms with van der Waals surface area (Å²) < 4.78 is 12.9. The van der Waals surface area contributed by atoms with Gasteiger partial charge in [-0.2, -0.15) is 9.78 Å². The van der Waals surface area contributed by atoms with Gasteiger partial charge in [-0.25, -0.2) is 4.98 Å². The van der Waals surface area contributed by atoms with Gasteiger partial charge in [-0.05, 0) is 77.6 Å². The van der Waals surface area contributed by atoms with Gasteiger partial charge < -0.3 is 9.47 Å². The maximum absolute atomic E-state index is 13.7. The monoisotopic (exact) mass is 551 g/mol. The molecule has 7 heteroatoms. The van der Waals surface area contributed by atoms with E-state index in [1.54, 1.807) is 31.5 Å². The summed E-state index contributed by atoms with van der Waals surface area (Å²) in [4.78, 5) is 18.6. The topological polar surface area (TPSA) is 65.7 Å². The lowest BCUT2D eigenvalue weighted by Crippen LogP contribution is -2.20. The van der Waals surface area contributed by atoms with Gasteiger partial charge in [0.1, 0.15) is 18.1 Å². The third-order valence-corrected chi connectivity index (χ3v) is 7.00. The summed E-state index contributed by atoms with van der Waals surface area (Å²) in [6.07, 6.45) is 1.61. The van der Waals surface area contributed by atoms with Gasteiger partial charge >= 0.3 is 0 Å². The maximum atomic E-state index is 13.7. The van der Waals surface area contributed by atoms with Gasteiger partial charge in [0.05, 0.1) is 29.2 Å². The number of aryl methyl sites for hydroxylation is 1. The number of hydrogen-bond donors (Lipinski definition) is 0. The highest BCUT2D eigenvalue weighted by atomic mass is 35.5. The van der Waals surface area contributed by atoms with E-state index in [1.807, 2.05) is 73.7 Å². The van der Waals surface area contributed by atoms with Crippen molar-refractivity contribution in [2.24, 2.45) is 5.10 Å². The molecule has 0 amide bonds. The van der Waals surface area contributed by atoms with E-state index in [0.29, 0.717) is 34.1 Å². The maximum Gasteiger partial charge on any atom is 0.282 e. The van der Waals surface area contributed by atoms with Crippen molar-refractivity contribution in [3.05, 3.63) is 123 Å². The second-order valence-electron chi connectivity index (χ2n) is 9.84. The normalized spacial score (nSPS) is 11.4. The first-order chi connectivity index (χ1) is 19.4. The van der Waals surface area contributed by atoms with Crippen LogP contribution in [-0.2, 0) is 6.61 Å². The van der Waals surface area contributed by atoms with Crippen molar-refractivity contribution >= 4 is 28.7 Å². The summed E-state index contributed by atoms with van der Waals surface area (Å²) >= 11 is 6.53. The Kier molecular flexibility index (Phi) is 7.99. The van der Waals surface area contributed by atoms with Crippen LogP contribution >= 0.6 is 11.6 Å². The van der Waals surface area contributed by atoms with Crippen LogP contribution in [0.2, 0.25) is 5.02 Å². The number of methoxy groups -OCH3 is 1. The molecule has 1 heterocycles. The van der Waals surface area contributed by atoms with E-state index < -0.39 is 0 Å². The van der Waals surface area contributed by atoms with Crippen molar-refractivity contribution in [2.45, 2.75) is 33.3 Å². The molecule has 1 aromatic heterocycles.